The van der Waals surface area contributed by atoms with Crippen LogP contribution in [0.5, 0.6) is 0 Å². The number of amides is 4. The third-order valence-electron chi connectivity index (χ3n) is 5.19. The molecule has 27 heavy (non-hydrogen) atoms. The Hall–Kier alpha value is -2.57. The average Bonchev–Trinajstić information content (AvgIpc) is 3.04. The Kier molecular flexibility index (Phi) is 5.68. The highest BCUT2D eigenvalue weighted by Gasteiger charge is 2.46. The Bertz CT molecular complexity index is 706. The minimum Gasteiger partial charge on any atom is -0.342 e. The Morgan fingerprint density at radius 1 is 1.22 bits per heavy atom. The normalized spacial score (nSPS) is 25.8. The number of urea groups is 1. The van der Waals surface area contributed by atoms with Crippen LogP contribution in [0.25, 0.3) is 0 Å². The van der Waals surface area contributed by atoms with Crippen molar-refractivity contribution in [2.24, 2.45) is 5.92 Å². The van der Waals surface area contributed by atoms with Crippen LogP contribution in [0.3, 0.4) is 0 Å². The molecule has 4 atom stereocenters. The Morgan fingerprint density at radius 2 is 1.93 bits per heavy atom. The van der Waals surface area contributed by atoms with Crippen molar-refractivity contribution in [2.75, 3.05) is 6.54 Å². The van der Waals surface area contributed by atoms with Gasteiger partial charge in [0.15, 0.2) is 0 Å². The number of nitrogens with zero attached hydrogens (tertiary/aromatic N) is 1. The fourth-order valence-corrected chi connectivity index (χ4v) is 3.84. The van der Waals surface area contributed by atoms with Crippen LogP contribution in [0.4, 0.5) is 4.79 Å². The van der Waals surface area contributed by atoms with E-state index in [1.165, 1.54) is 0 Å². The second-order valence-corrected chi connectivity index (χ2v) is 7.88. The number of hydrogen-bond acceptors (Lipinski definition) is 3. The van der Waals surface area contributed by atoms with E-state index < -0.39 is 12.1 Å². The number of carbonyl (C=O) groups is 3. The number of carbonyl (C=O) groups excluding carboxylic acids is 3. The summed E-state index contributed by atoms with van der Waals surface area (Å²) in [6, 6.07) is 8.11. The molecule has 2 heterocycles. The zero-order valence-corrected chi connectivity index (χ0v) is 16.1. The number of nitrogens with one attached hydrogen (secondary N) is 3. The van der Waals surface area contributed by atoms with Crippen molar-refractivity contribution < 1.29 is 14.4 Å². The van der Waals surface area contributed by atoms with E-state index in [0.29, 0.717) is 25.3 Å². The molecule has 0 aromatic heterocycles. The number of rotatable bonds is 5. The minimum absolute atomic E-state index is 0.0457. The summed E-state index contributed by atoms with van der Waals surface area (Å²) in [7, 11) is 0. The van der Waals surface area contributed by atoms with Crippen LogP contribution in [-0.4, -0.2) is 47.4 Å². The van der Waals surface area contributed by atoms with Gasteiger partial charge >= 0.3 is 6.03 Å². The summed E-state index contributed by atoms with van der Waals surface area (Å²) < 4.78 is 0. The molecular weight excluding hydrogens is 344 g/mol. The molecule has 4 amide bonds. The highest BCUT2D eigenvalue weighted by atomic mass is 16.2. The standard InChI is InChI=1S/C20H28N4O3/c1-12(2)9-16-19(26)24-11-15(10-17(24)18(25)23-16)22-20(27)21-13(3)14-7-5-4-6-8-14/h4-8,12-13,15-17H,9-11H2,1-3H3,(H,23,25)(H2,21,22,27)/t13-,15+,16+,17+/m1/s1. The van der Waals surface area contributed by atoms with Crippen molar-refractivity contribution in [3.8, 4) is 0 Å². The summed E-state index contributed by atoms with van der Waals surface area (Å²) in [6.07, 6.45) is 1.07. The van der Waals surface area contributed by atoms with E-state index in [1.807, 2.05) is 51.1 Å². The van der Waals surface area contributed by atoms with Crippen LogP contribution in [-0.2, 0) is 9.59 Å². The first-order valence-corrected chi connectivity index (χ1v) is 9.58. The van der Waals surface area contributed by atoms with Gasteiger partial charge in [-0.15, -0.1) is 0 Å². The second kappa shape index (κ2) is 7.98. The van der Waals surface area contributed by atoms with Crippen molar-refractivity contribution >= 4 is 17.8 Å². The van der Waals surface area contributed by atoms with Crippen molar-refractivity contribution in [2.45, 2.75) is 57.8 Å². The summed E-state index contributed by atoms with van der Waals surface area (Å²) in [4.78, 5) is 39.0. The van der Waals surface area contributed by atoms with Crippen molar-refractivity contribution in [3.05, 3.63) is 35.9 Å². The van der Waals surface area contributed by atoms with Crippen LogP contribution in [0.1, 0.15) is 45.2 Å². The Morgan fingerprint density at radius 3 is 2.59 bits per heavy atom. The topological polar surface area (TPSA) is 90.5 Å². The Balaban J connectivity index is 1.56. The number of fused-ring (bicyclic) bond motifs is 1. The van der Waals surface area contributed by atoms with Gasteiger partial charge in [-0.1, -0.05) is 44.2 Å². The number of piperazine rings is 1. The van der Waals surface area contributed by atoms with Crippen molar-refractivity contribution in [1.82, 2.24) is 20.9 Å². The summed E-state index contributed by atoms with van der Waals surface area (Å²) in [5, 5.41) is 8.65. The van der Waals surface area contributed by atoms with E-state index >= 15 is 0 Å². The molecule has 0 saturated carbocycles. The molecule has 2 fully saturated rings. The van der Waals surface area contributed by atoms with Gasteiger partial charge in [-0.2, -0.15) is 0 Å². The molecule has 1 aromatic rings. The summed E-state index contributed by atoms with van der Waals surface area (Å²) >= 11 is 0. The van der Waals surface area contributed by atoms with Gasteiger partial charge in [0, 0.05) is 6.54 Å². The maximum absolute atomic E-state index is 12.7. The molecule has 3 N–H and O–H groups in total. The number of hydrogen-bond donors (Lipinski definition) is 3. The fourth-order valence-electron chi connectivity index (χ4n) is 3.84. The van der Waals surface area contributed by atoms with E-state index in [4.69, 9.17) is 0 Å². The quantitative estimate of drug-likeness (QED) is 0.733. The lowest BCUT2D eigenvalue weighted by Gasteiger charge is -2.35. The molecule has 7 nitrogen and oxygen atoms in total. The molecule has 0 bridgehead atoms. The van der Waals surface area contributed by atoms with Crippen LogP contribution >= 0.6 is 0 Å². The number of benzene rings is 1. The highest BCUT2D eigenvalue weighted by Crippen LogP contribution is 2.24. The van der Waals surface area contributed by atoms with Gasteiger partial charge in [0.25, 0.3) is 0 Å². The van der Waals surface area contributed by atoms with Crippen molar-refractivity contribution in [1.29, 1.82) is 0 Å². The summed E-state index contributed by atoms with van der Waals surface area (Å²) in [5.41, 5.74) is 1.02. The second-order valence-electron chi connectivity index (χ2n) is 7.88. The minimum atomic E-state index is -0.488. The molecule has 2 aliphatic heterocycles. The maximum Gasteiger partial charge on any atom is 0.315 e. The van der Waals surface area contributed by atoms with Gasteiger partial charge in [0.1, 0.15) is 12.1 Å². The van der Waals surface area contributed by atoms with Gasteiger partial charge in [-0.05, 0) is 31.2 Å². The fraction of sp³-hybridized carbons (Fsp3) is 0.550. The third-order valence-corrected chi connectivity index (χ3v) is 5.19. The average molecular weight is 372 g/mol. The van der Waals surface area contributed by atoms with Crippen LogP contribution in [0.2, 0.25) is 0 Å². The largest absolute Gasteiger partial charge is 0.342 e. The van der Waals surface area contributed by atoms with Gasteiger partial charge in [-0.25, -0.2) is 4.79 Å². The lowest BCUT2D eigenvalue weighted by atomic mass is 9.99. The molecule has 3 rings (SSSR count). The lowest BCUT2D eigenvalue weighted by molar-refractivity contribution is -0.147. The predicted molar refractivity (Wildman–Crippen MR) is 102 cm³/mol. The first-order chi connectivity index (χ1) is 12.8. The molecule has 146 valence electrons. The zero-order valence-electron chi connectivity index (χ0n) is 16.1. The van der Waals surface area contributed by atoms with E-state index in [1.54, 1.807) is 4.90 Å². The first kappa shape index (κ1) is 19.2. The molecule has 2 aliphatic rings. The van der Waals surface area contributed by atoms with Gasteiger partial charge in [0.2, 0.25) is 11.8 Å². The molecule has 7 heteroatoms. The highest BCUT2D eigenvalue weighted by molar-refractivity contribution is 5.97. The molecule has 0 unspecified atom stereocenters. The van der Waals surface area contributed by atoms with Gasteiger partial charge < -0.3 is 20.9 Å². The molecule has 0 spiro atoms. The van der Waals surface area contributed by atoms with Crippen LogP contribution in [0, 0.1) is 5.92 Å². The molecule has 2 saturated heterocycles. The first-order valence-electron chi connectivity index (χ1n) is 9.58. The third kappa shape index (κ3) is 4.40. The predicted octanol–water partition coefficient (Wildman–Crippen LogP) is 1.56. The molecular formula is C20H28N4O3. The van der Waals surface area contributed by atoms with E-state index in [2.05, 4.69) is 16.0 Å². The smallest absolute Gasteiger partial charge is 0.315 e. The van der Waals surface area contributed by atoms with Gasteiger partial charge in [-0.3, -0.25) is 9.59 Å². The lowest BCUT2D eigenvalue weighted by Crippen LogP contribution is -2.61. The molecule has 0 aliphatic carbocycles. The molecule has 1 aromatic carbocycles. The maximum atomic E-state index is 12.7. The summed E-state index contributed by atoms with van der Waals surface area (Å²) in [5.74, 6) is 0.149. The van der Waals surface area contributed by atoms with E-state index in [0.717, 1.165) is 5.56 Å². The Labute approximate surface area is 159 Å². The monoisotopic (exact) mass is 372 g/mol. The van der Waals surface area contributed by atoms with Crippen LogP contribution < -0.4 is 16.0 Å². The van der Waals surface area contributed by atoms with Gasteiger partial charge in [0.05, 0.1) is 12.1 Å². The van der Waals surface area contributed by atoms with E-state index in [-0.39, 0.29) is 29.9 Å². The molecule has 0 radical (unpaired) electrons. The van der Waals surface area contributed by atoms with Crippen LogP contribution in [0.15, 0.2) is 30.3 Å². The summed E-state index contributed by atoms with van der Waals surface area (Å²) in [6.45, 7) is 6.34. The zero-order chi connectivity index (χ0) is 19.6. The van der Waals surface area contributed by atoms with Crippen molar-refractivity contribution in [3.63, 3.8) is 0 Å². The SMILES string of the molecule is CC(C)C[C@@H]1NC(=O)[C@@H]2C[C@H](NC(=O)N[C@H](C)c3ccccc3)CN2C1=O. The van der Waals surface area contributed by atoms with E-state index in [9.17, 15) is 14.4 Å².